The van der Waals surface area contributed by atoms with Crippen LogP contribution in [0.3, 0.4) is 0 Å². The Morgan fingerprint density at radius 2 is 1.72 bits per heavy atom. The molecule has 0 spiro atoms. The van der Waals surface area contributed by atoms with Crippen LogP contribution in [0, 0.1) is 0 Å². The molecule has 0 saturated carbocycles. The van der Waals surface area contributed by atoms with E-state index in [-0.39, 0.29) is 5.78 Å². The van der Waals surface area contributed by atoms with Gasteiger partial charge in [0.1, 0.15) is 5.75 Å². The summed E-state index contributed by atoms with van der Waals surface area (Å²) in [5.74, 6) is 0.695. The van der Waals surface area contributed by atoms with Crippen molar-refractivity contribution in [3.63, 3.8) is 0 Å². The van der Waals surface area contributed by atoms with Gasteiger partial charge in [0.25, 0.3) is 0 Å². The summed E-state index contributed by atoms with van der Waals surface area (Å²) in [7, 11) is 0. The minimum atomic E-state index is -0.0534. The Kier molecular flexibility index (Phi) is 5.77. The van der Waals surface area contributed by atoms with Crippen molar-refractivity contribution in [2.45, 2.75) is 12.1 Å². The largest absolute Gasteiger partial charge is 0.493 e. The average Bonchev–Trinajstić information content (AvgIpc) is 3.17. The number of imidazole rings is 1. The third kappa shape index (κ3) is 4.41. The van der Waals surface area contributed by atoms with Gasteiger partial charge in [-0.1, -0.05) is 60.7 Å². The third-order valence-corrected chi connectivity index (χ3v) is 5.25. The van der Waals surface area contributed by atoms with E-state index in [0.717, 1.165) is 22.3 Å². The summed E-state index contributed by atoms with van der Waals surface area (Å²) in [6.45, 7) is 2.50. The van der Waals surface area contributed by atoms with Crippen molar-refractivity contribution in [3.05, 3.63) is 94.9 Å². The number of aromatic nitrogens is 2. The molecular formula is C24H20N2O2S. The molecule has 0 radical (unpaired) electrons. The van der Waals surface area contributed by atoms with Crippen molar-refractivity contribution in [2.24, 2.45) is 0 Å². The lowest BCUT2D eigenvalue weighted by molar-refractivity contribution is 0.104. The zero-order valence-electron chi connectivity index (χ0n) is 16.0. The lowest BCUT2D eigenvalue weighted by Crippen LogP contribution is -2.02. The summed E-state index contributed by atoms with van der Waals surface area (Å²) in [5.41, 5.74) is 3.31. The smallest absolute Gasteiger partial charge is 0.199 e. The number of fused-ring (bicyclic) bond motifs is 1. The highest BCUT2D eigenvalue weighted by Gasteiger charge is 2.17. The van der Waals surface area contributed by atoms with E-state index in [1.54, 1.807) is 0 Å². The maximum absolute atomic E-state index is 13.3. The van der Waals surface area contributed by atoms with E-state index in [1.807, 2.05) is 91.9 Å². The second-order valence-electron chi connectivity index (χ2n) is 6.34. The minimum Gasteiger partial charge on any atom is -0.493 e. The Hall–Kier alpha value is -3.31. The van der Waals surface area contributed by atoms with Crippen LogP contribution in [-0.4, -0.2) is 22.4 Å². The number of hydrogen-bond acceptors (Lipinski definition) is 4. The molecule has 29 heavy (non-hydrogen) atoms. The molecule has 0 bridgehead atoms. The molecule has 0 aliphatic heterocycles. The number of thioether (sulfide) groups is 1. The van der Waals surface area contributed by atoms with Gasteiger partial charge in [-0.15, -0.1) is 0 Å². The van der Waals surface area contributed by atoms with Gasteiger partial charge in [0.2, 0.25) is 0 Å². The standard InChI is InChI=1S/C24H20N2O2S/c1-2-28-21-15-9-6-12-18(21)16-22(23(27)17-10-4-3-5-11-17)29-24-25-19-13-7-8-14-20(19)26-24/h3-16H,2H2,1H3,(H,25,26)/b22-16-. The van der Waals surface area contributed by atoms with Crippen LogP contribution in [0.4, 0.5) is 0 Å². The van der Waals surface area contributed by atoms with Gasteiger partial charge in [-0.2, -0.15) is 0 Å². The predicted molar refractivity (Wildman–Crippen MR) is 118 cm³/mol. The molecular weight excluding hydrogens is 380 g/mol. The number of rotatable bonds is 7. The first-order valence-electron chi connectivity index (χ1n) is 9.40. The van der Waals surface area contributed by atoms with Crippen LogP contribution < -0.4 is 4.74 Å². The lowest BCUT2D eigenvalue weighted by Gasteiger charge is -2.09. The molecule has 3 aromatic carbocycles. The Morgan fingerprint density at radius 1 is 1.00 bits per heavy atom. The summed E-state index contributed by atoms with van der Waals surface area (Å²) in [5, 5.41) is 0.677. The molecule has 4 aromatic rings. The molecule has 4 nitrogen and oxygen atoms in total. The van der Waals surface area contributed by atoms with Gasteiger partial charge in [0.15, 0.2) is 10.9 Å². The molecule has 0 unspecified atom stereocenters. The molecule has 1 aromatic heterocycles. The van der Waals surface area contributed by atoms with Crippen molar-refractivity contribution in [1.82, 2.24) is 9.97 Å². The number of ketones is 1. The van der Waals surface area contributed by atoms with Crippen LogP contribution in [0.5, 0.6) is 5.75 Å². The second-order valence-corrected chi connectivity index (χ2v) is 7.37. The average molecular weight is 401 g/mol. The number of nitrogens with zero attached hydrogens (tertiary/aromatic N) is 1. The Balaban J connectivity index is 1.76. The van der Waals surface area contributed by atoms with Gasteiger partial charge in [-0.3, -0.25) is 4.79 Å². The number of benzene rings is 3. The summed E-state index contributed by atoms with van der Waals surface area (Å²) >= 11 is 1.33. The number of carbonyl (C=O) groups excluding carboxylic acids is 1. The molecule has 0 saturated heterocycles. The van der Waals surface area contributed by atoms with Crippen molar-refractivity contribution in [2.75, 3.05) is 6.61 Å². The molecule has 0 atom stereocenters. The molecule has 0 fully saturated rings. The molecule has 1 heterocycles. The highest BCUT2D eigenvalue weighted by Crippen LogP contribution is 2.32. The third-order valence-electron chi connectivity index (χ3n) is 4.34. The second kappa shape index (κ2) is 8.80. The molecule has 5 heteroatoms. The SMILES string of the molecule is CCOc1ccccc1/C=C(\Sc1nc2ccccc2[nH]1)C(=O)c1ccccc1. The highest BCUT2D eigenvalue weighted by atomic mass is 32.2. The zero-order chi connectivity index (χ0) is 20.1. The number of para-hydroxylation sites is 3. The molecule has 0 aliphatic carbocycles. The lowest BCUT2D eigenvalue weighted by atomic mass is 10.1. The van der Waals surface area contributed by atoms with E-state index in [1.165, 1.54) is 11.8 Å². The van der Waals surface area contributed by atoms with Gasteiger partial charge >= 0.3 is 0 Å². The van der Waals surface area contributed by atoms with Gasteiger partial charge in [0.05, 0.1) is 22.5 Å². The molecule has 144 valence electrons. The van der Waals surface area contributed by atoms with E-state index in [0.29, 0.717) is 22.2 Å². The van der Waals surface area contributed by atoms with Crippen LogP contribution in [-0.2, 0) is 0 Å². The molecule has 0 aliphatic rings. The van der Waals surface area contributed by atoms with E-state index in [2.05, 4.69) is 9.97 Å². The fourth-order valence-corrected chi connectivity index (χ4v) is 3.89. The monoisotopic (exact) mass is 400 g/mol. The highest BCUT2D eigenvalue weighted by molar-refractivity contribution is 8.04. The number of hydrogen-bond donors (Lipinski definition) is 1. The van der Waals surface area contributed by atoms with Crippen LogP contribution >= 0.6 is 11.8 Å². The topological polar surface area (TPSA) is 55.0 Å². The minimum absolute atomic E-state index is 0.0534. The van der Waals surface area contributed by atoms with Gasteiger partial charge in [-0.05, 0) is 43.0 Å². The first kappa shape index (κ1) is 19.0. The van der Waals surface area contributed by atoms with Crippen LogP contribution in [0.1, 0.15) is 22.8 Å². The number of Topliss-reactive ketones (excluding diaryl/α,β-unsaturated/α-hetero) is 1. The zero-order valence-corrected chi connectivity index (χ0v) is 16.8. The van der Waals surface area contributed by atoms with Crippen molar-refractivity contribution in [3.8, 4) is 5.75 Å². The van der Waals surface area contributed by atoms with Crippen LogP contribution in [0.25, 0.3) is 17.1 Å². The number of ether oxygens (including phenoxy) is 1. The fourth-order valence-electron chi connectivity index (χ4n) is 2.98. The predicted octanol–water partition coefficient (Wildman–Crippen LogP) is 5.98. The Labute approximate surface area is 173 Å². The summed E-state index contributed by atoms with van der Waals surface area (Å²) < 4.78 is 5.73. The fraction of sp³-hybridized carbons (Fsp3) is 0.0833. The summed E-state index contributed by atoms with van der Waals surface area (Å²) in [6.07, 6.45) is 1.87. The quantitative estimate of drug-likeness (QED) is 0.236. The first-order valence-corrected chi connectivity index (χ1v) is 10.2. The maximum atomic E-state index is 13.3. The molecule has 0 amide bonds. The number of nitrogens with one attached hydrogen (secondary N) is 1. The first-order chi connectivity index (χ1) is 14.2. The summed E-state index contributed by atoms with van der Waals surface area (Å²) in [6, 6.07) is 24.8. The number of aromatic amines is 1. The number of carbonyl (C=O) groups is 1. The van der Waals surface area contributed by atoms with Crippen LogP contribution in [0.15, 0.2) is 88.9 Å². The van der Waals surface area contributed by atoms with Crippen molar-refractivity contribution in [1.29, 1.82) is 0 Å². The van der Waals surface area contributed by atoms with Crippen molar-refractivity contribution < 1.29 is 9.53 Å². The number of H-pyrrole nitrogens is 1. The van der Waals surface area contributed by atoms with Gasteiger partial charge < -0.3 is 9.72 Å². The van der Waals surface area contributed by atoms with Gasteiger partial charge in [0, 0.05) is 11.1 Å². The van der Waals surface area contributed by atoms with E-state index in [4.69, 9.17) is 4.74 Å². The van der Waals surface area contributed by atoms with E-state index < -0.39 is 0 Å². The normalized spacial score (nSPS) is 11.6. The van der Waals surface area contributed by atoms with Gasteiger partial charge in [-0.25, -0.2) is 4.98 Å². The maximum Gasteiger partial charge on any atom is 0.199 e. The van der Waals surface area contributed by atoms with Crippen LogP contribution in [0.2, 0.25) is 0 Å². The summed E-state index contributed by atoms with van der Waals surface area (Å²) in [4.78, 5) is 21.7. The Bertz CT molecular complexity index is 1130. The number of allylic oxidation sites excluding steroid dienone is 1. The van der Waals surface area contributed by atoms with E-state index >= 15 is 0 Å². The Morgan fingerprint density at radius 3 is 2.52 bits per heavy atom. The van der Waals surface area contributed by atoms with E-state index in [9.17, 15) is 4.79 Å². The van der Waals surface area contributed by atoms with Crippen molar-refractivity contribution >= 4 is 34.7 Å². The molecule has 1 N–H and O–H groups in total. The molecule has 4 rings (SSSR count).